The summed E-state index contributed by atoms with van der Waals surface area (Å²) >= 11 is 3.62. The van der Waals surface area contributed by atoms with Crippen LogP contribution in [-0.2, 0) is 6.54 Å². The van der Waals surface area contributed by atoms with Gasteiger partial charge in [0.2, 0.25) is 0 Å². The smallest absolute Gasteiger partial charge is 0.134 e. The minimum absolute atomic E-state index is 0.320. The Morgan fingerprint density at radius 2 is 2.11 bits per heavy atom. The molecule has 2 aromatic rings. The van der Waals surface area contributed by atoms with E-state index in [0.29, 0.717) is 12.5 Å². The summed E-state index contributed by atoms with van der Waals surface area (Å²) in [7, 11) is 1.77. The summed E-state index contributed by atoms with van der Waals surface area (Å²) in [5.74, 6) is 1.33. The maximum atomic E-state index is 6.11. The number of furan rings is 1. The van der Waals surface area contributed by atoms with Crippen molar-refractivity contribution in [1.82, 2.24) is 10.2 Å². The molecule has 37 heavy (non-hydrogen) atoms. The van der Waals surface area contributed by atoms with E-state index in [4.69, 9.17) is 9.41 Å². The summed E-state index contributed by atoms with van der Waals surface area (Å²) in [6.07, 6.45) is 14.2. The molecule has 1 aromatic heterocycles. The highest BCUT2D eigenvalue weighted by Gasteiger charge is 2.24. The Morgan fingerprint density at radius 1 is 1.30 bits per heavy atom. The minimum atomic E-state index is 0.320. The number of rotatable bonds is 11. The van der Waals surface area contributed by atoms with E-state index < -0.39 is 0 Å². The van der Waals surface area contributed by atoms with Gasteiger partial charge in [0.15, 0.2) is 0 Å². The highest BCUT2D eigenvalue weighted by molar-refractivity contribution is 9.12. The van der Waals surface area contributed by atoms with Crippen molar-refractivity contribution >= 4 is 38.8 Å². The lowest BCUT2D eigenvalue weighted by Gasteiger charge is -2.32. The Kier molecular flexibility index (Phi) is 11.4. The number of hydrogen-bond acceptors (Lipinski definition) is 5. The van der Waals surface area contributed by atoms with Gasteiger partial charge in [-0.05, 0) is 79.9 Å². The third-order valence-corrected chi connectivity index (χ3v) is 7.14. The molecule has 1 aliphatic heterocycles. The molecule has 1 saturated heterocycles. The number of likely N-dealkylation sites (tertiary alicyclic amines) is 1. The molecule has 1 fully saturated rings. The van der Waals surface area contributed by atoms with Crippen molar-refractivity contribution in [3.05, 3.63) is 94.5 Å². The number of aliphatic imine (C=N–C) groups is 2. The highest BCUT2D eigenvalue weighted by atomic mass is 79.9. The van der Waals surface area contributed by atoms with Crippen molar-refractivity contribution in [1.29, 1.82) is 0 Å². The summed E-state index contributed by atoms with van der Waals surface area (Å²) in [5, 5.41) is 4.69. The minimum Gasteiger partial charge on any atom is -0.460 e. The summed E-state index contributed by atoms with van der Waals surface area (Å²) in [6, 6.07) is 10.4. The first-order valence-electron chi connectivity index (χ1n) is 12.9. The van der Waals surface area contributed by atoms with Gasteiger partial charge in [-0.1, -0.05) is 49.1 Å². The van der Waals surface area contributed by atoms with E-state index in [1.54, 1.807) is 13.3 Å². The molecule has 5 nitrogen and oxygen atoms in total. The lowest BCUT2D eigenvalue weighted by atomic mass is 9.92. The fourth-order valence-electron chi connectivity index (χ4n) is 4.40. The molecule has 0 saturated carbocycles. The molecule has 1 aliphatic rings. The Labute approximate surface area is 230 Å². The largest absolute Gasteiger partial charge is 0.460 e. The van der Waals surface area contributed by atoms with Gasteiger partial charge < -0.3 is 9.73 Å². The topological polar surface area (TPSA) is 53.1 Å². The van der Waals surface area contributed by atoms with Crippen LogP contribution in [0.2, 0.25) is 0 Å². The van der Waals surface area contributed by atoms with Crippen LogP contribution < -0.4 is 5.32 Å². The predicted molar refractivity (Wildman–Crippen MR) is 163 cm³/mol. The molecular formula is C31H39BrN4O. The Morgan fingerprint density at radius 3 is 2.84 bits per heavy atom. The number of nitrogens with zero attached hydrogens (tertiary/aromatic N) is 3. The van der Waals surface area contributed by atoms with Crippen molar-refractivity contribution in [3.8, 4) is 0 Å². The van der Waals surface area contributed by atoms with Gasteiger partial charge in [-0.15, -0.1) is 0 Å². The maximum Gasteiger partial charge on any atom is 0.134 e. The first-order valence-corrected chi connectivity index (χ1v) is 13.7. The van der Waals surface area contributed by atoms with Gasteiger partial charge in [0.05, 0.1) is 16.7 Å². The third-order valence-electron chi connectivity index (χ3n) is 6.37. The van der Waals surface area contributed by atoms with Crippen molar-refractivity contribution in [2.45, 2.75) is 40.2 Å². The molecule has 6 heteroatoms. The van der Waals surface area contributed by atoms with Crippen molar-refractivity contribution in [2.24, 2.45) is 15.9 Å². The number of halogens is 1. The first kappa shape index (κ1) is 28.6. The molecule has 0 spiro atoms. The van der Waals surface area contributed by atoms with Gasteiger partial charge in [-0.2, -0.15) is 0 Å². The molecule has 1 aromatic carbocycles. The van der Waals surface area contributed by atoms with Gasteiger partial charge in [0.1, 0.15) is 11.3 Å². The first-order chi connectivity index (χ1) is 17.9. The molecule has 0 bridgehead atoms. The zero-order chi connectivity index (χ0) is 26.6. The third kappa shape index (κ3) is 8.83. The molecule has 2 heterocycles. The van der Waals surface area contributed by atoms with Crippen LogP contribution in [-0.4, -0.2) is 43.5 Å². The molecule has 0 radical (unpaired) electrons. The van der Waals surface area contributed by atoms with Crippen molar-refractivity contribution in [3.63, 3.8) is 0 Å². The standard InChI is InChI=1S/C31H39BrN4O/c1-6-8-12-25(7-2)19-34-23(3)17-30(35-24(4)29(32)20-33-5)27-14-11-16-36(21-27)22-28-18-26-13-9-10-15-31(26)37-28/h6-10,12-13,15,17-18,20,27,34H,2,11,14,16,19,21-22H2,1,3-5H3/b8-6-,23-17+,25-12+,29-24-,33-20?,35-30-. The van der Waals surface area contributed by atoms with Crippen LogP contribution in [0.25, 0.3) is 11.0 Å². The number of piperidine rings is 1. The van der Waals surface area contributed by atoms with Gasteiger partial charge in [0.25, 0.3) is 0 Å². The molecule has 0 aliphatic carbocycles. The predicted octanol–water partition coefficient (Wildman–Crippen LogP) is 7.59. The Hall–Kier alpha value is -2.96. The second kappa shape index (κ2) is 14.7. The van der Waals surface area contributed by atoms with Crippen LogP contribution in [0.4, 0.5) is 0 Å². The number of fused-ring (bicyclic) bond motifs is 1. The van der Waals surface area contributed by atoms with Crippen LogP contribution in [0.15, 0.2) is 103 Å². The average Bonchev–Trinajstić information content (AvgIpc) is 3.31. The number of hydrogen-bond donors (Lipinski definition) is 1. The average molecular weight is 564 g/mol. The highest BCUT2D eigenvalue weighted by Crippen LogP contribution is 2.25. The molecule has 0 amide bonds. The van der Waals surface area contributed by atoms with Crippen LogP contribution >= 0.6 is 15.9 Å². The van der Waals surface area contributed by atoms with E-state index in [0.717, 1.165) is 76.4 Å². The van der Waals surface area contributed by atoms with E-state index in [2.05, 4.69) is 75.0 Å². The van der Waals surface area contributed by atoms with Crippen LogP contribution in [0, 0.1) is 5.92 Å². The lowest BCUT2D eigenvalue weighted by Crippen LogP contribution is -2.38. The number of allylic oxidation sites excluding steroid dienone is 7. The molecule has 196 valence electrons. The van der Waals surface area contributed by atoms with E-state index >= 15 is 0 Å². The zero-order valence-electron chi connectivity index (χ0n) is 22.5. The second-order valence-electron chi connectivity index (χ2n) is 9.33. The van der Waals surface area contributed by atoms with Crippen molar-refractivity contribution in [2.75, 3.05) is 26.7 Å². The Bertz CT molecular complexity index is 1210. The monoisotopic (exact) mass is 562 g/mol. The normalized spacial score (nSPS) is 19.2. The zero-order valence-corrected chi connectivity index (χ0v) is 24.1. The van der Waals surface area contributed by atoms with Crippen LogP contribution in [0.5, 0.6) is 0 Å². The summed E-state index contributed by atoms with van der Waals surface area (Å²) in [5.41, 5.74) is 5.16. The lowest BCUT2D eigenvalue weighted by molar-refractivity contribution is 0.185. The SMILES string of the molecule is C=C/C(=C\C=C/C)CN/C(C)=C/C(=N/C(C)=C(\Br)C=NC)C1CCCN(Cc2cc3ccccc3o2)C1. The number of para-hydroxylation sites is 1. The van der Waals surface area contributed by atoms with Crippen molar-refractivity contribution < 1.29 is 4.42 Å². The van der Waals surface area contributed by atoms with Crippen LogP contribution in [0.3, 0.4) is 0 Å². The number of benzene rings is 1. The fraction of sp³-hybridized carbons (Fsp3) is 0.355. The quantitative estimate of drug-likeness (QED) is 0.226. The molecule has 1 N–H and O–H groups in total. The van der Waals surface area contributed by atoms with E-state index in [1.165, 1.54) is 0 Å². The molecule has 1 atom stereocenters. The maximum absolute atomic E-state index is 6.11. The Balaban J connectivity index is 1.81. The van der Waals surface area contributed by atoms with Gasteiger partial charge >= 0.3 is 0 Å². The molecular weight excluding hydrogens is 524 g/mol. The summed E-state index contributed by atoms with van der Waals surface area (Å²) < 4.78 is 7.00. The fourth-order valence-corrected chi connectivity index (χ4v) is 4.70. The van der Waals surface area contributed by atoms with Gasteiger partial charge in [-0.3, -0.25) is 14.9 Å². The van der Waals surface area contributed by atoms with E-state index in [-0.39, 0.29) is 0 Å². The number of nitrogens with one attached hydrogen (secondary N) is 1. The molecule has 3 rings (SSSR count). The van der Waals surface area contributed by atoms with Crippen LogP contribution in [0.1, 0.15) is 39.4 Å². The second-order valence-corrected chi connectivity index (χ2v) is 10.2. The van der Waals surface area contributed by atoms with Gasteiger partial charge in [-0.25, -0.2) is 0 Å². The summed E-state index contributed by atoms with van der Waals surface area (Å²) in [4.78, 5) is 11.7. The summed E-state index contributed by atoms with van der Waals surface area (Å²) in [6.45, 7) is 13.6. The van der Waals surface area contributed by atoms with E-state index in [9.17, 15) is 0 Å². The van der Waals surface area contributed by atoms with E-state index in [1.807, 2.05) is 44.2 Å². The van der Waals surface area contributed by atoms with Gasteiger partial charge in [0, 0.05) is 49.1 Å². The molecule has 1 unspecified atom stereocenters.